The van der Waals surface area contributed by atoms with E-state index in [0.717, 1.165) is 48.8 Å². The first-order valence-corrected chi connectivity index (χ1v) is 8.83. The predicted molar refractivity (Wildman–Crippen MR) is 96.6 cm³/mol. The molecule has 0 amide bonds. The van der Waals surface area contributed by atoms with Gasteiger partial charge in [0.2, 0.25) is 0 Å². The van der Waals surface area contributed by atoms with Gasteiger partial charge in [-0.25, -0.2) is 0 Å². The first-order valence-electron chi connectivity index (χ1n) is 8.83. The van der Waals surface area contributed by atoms with Gasteiger partial charge >= 0.3 is 0 Å². The summed E-state index contributed by atoms with van der Waals surface area (Å²) in [5, 5.41) is 0. The predicted octanol–water partition coefficient (Wildman–Crippen LogP) is 4.68. The molecule has 134 valence electrons. The molecule has 1 unspecified atom stereocenters. The van der Waals surface area contributed by atoms with Crippen LogP contribution in [-0.4, -0.2) is 22.8 Å². The van der Waals surface area contributed by atoms with Gasteiger partial charge in [-0.05, 0) is 38.3 Å². The number of aromatic nitrogens is 1. The Kier molecular flexibility index (Phi) is 7.12. The van der Waals surface area contributed by atoms with Crippen LogP contribution in [-0.2, 0) is 9.59 Å². The molecule has 1 N–H and O–H groups in total. The van der Waals surface area contributed by atoms with Gasteiger partial charge in [-0.1, -0.05) is 40.0 Å². The van der Waals surface area contributed by atoms with E-state index < -0.39 is 5.41 Å². The minimum atomic E-state index is -0.650. The highest BCUT2D eigenvalue weighted by Crippen LogP contribution is 2.33. The van der Waals surface area contributed by atoms with Crippen molar-refractivity contribution in [1.82, 2.24) is 4.98 Å². The van der Waals surface area contributed by atoms with Crippen LogP contribution in [0.3, 0.4) is 0 Å². The van der Waals surface area contributed by atoms with E-state index in [-0.39, 0.29) is 23.9 Å². The molecule has 1 rings (SSSR count). The van der Waals surface area contributed by atoms with Gasteiger partial charge in [-0.15, -0.1) is 0 Å². The zero-order chi connectivity index (χ0) is 18.5. The van der Waals surface area contributed by atoms with E-state index in [1.54, 1.807) is 0 Å². The van der Waals surface area contributed by atoms with Gasteiger partial charge in [-0.3, -0.25) is 14.4 Å². The van der Waals surface area contributed by atoms with Gasteiger partial charge in [-0.2, -0.15) is 0 Å². The van der Waals surface area contributed by atoms with Crippen molar-refractivity contribution in [3.63, 3.8) is 0 Å². The lowest BCUT2D eigenvalue weighted by atomic mass is 9.78. The molecule has 0 saturated carbocycles. The Morgan fingerprint density at radius 2 is 1.79 bits per heavy atom. The highest BCUT2D eigenvalue weighted by Gasteiger charge is 2.32. The van der Waals surface area contributed by atoms with Gasteiger partial charge in [0.15, 0.2) is 6.29 Å². The van der Waals surface area contributed by atoms with Crippen molar-refractivity contribution in [2.24, 2.45) is 5.41 Å². The lowest BCUT2D eigenvalue weighted by Gasteiger charge is -2.24. The number of hydrogen-bond donors (Lipinski definition) is 1. The van der Waals surface area contributed by atoms with Crippen LogP contribution >= 0.6 is 0 Å². The van der Waals surface area contributed by atoms with Crippen LogP contribution in [0.25, 0.3) is 0 Å². The lowest BCUT2D eigenvalue weighted by molar-refractivity contribution is -0.131. The van der Waals surface area contributed by atoms with Gasteiger partial charge < -0.3 is 4.98 Å². The average molecular weight is 333 g/mol. The summed E-state index contributed by atoms with van der Waals surface area (Å²) < 4.78 is 0. The lowest BCUT2D eigenvalue weighted by Crippen LogP contribution is -2.28. The van der Waals surface area contributed by atoms with E-state index in [9.17, 15) is 14.4 Å². The van der Waals surface area contributed by atoms with E-state index in [2.05, 4.69) is 11.9 Å². The average Bonchev–Trinajstić information content (AvgIpc) is 2.78. The Balaban J connectivity index is 3.14. The molecule has 24 heavy (non-hydrogen) atoms. The molecule has 0 spiro atoms. The normalized spacial score (nSPS) is 12.9. The summed E-state index contributed by atoms with van der Waals surface area (Å²) in [6.07, 6.45) is 4.90. The van der Waals surface area contributed by atoms with E-state index in [0.29, 0.717) is 5.69 Å². The number of aldehydes is 1. The fourth-order valence-electron chi connectivity index (χ4n) is 2.95. The van der Waals surface area contributed by atoms with Crippen LogP contribution < -0.4 is 0 Å². The summed E-state index contributed by atoms with van der Waals surface area (Å²) >= 11 is 0. The third kappa shape index (κ3) is 4.65. The van der Waals surface area contributed by atoms with Gasteiger partial charge in [0.05, 0.1) is 11.6 Å². The van der Waals surface area contributed by atoms with Gasteiger partial charge in [0.1, 0.15) is 11.6 Å². The van der Waals surface area contributed by atoms with Crippen molar-refractivity contribution in [2.45, 2.75) is 79.6 Å². The summed E-state index contributed by atoms with van der Waals surface area (Å²) in [7, 11) is 0. The number of carbonyl (C=O) groups is 3. The second kappa shape index (κ2) is 8.41. The number of carbonyl (C=O) groups excluding carboxylic acids is 3. The van der Waals surface area contributed by atoms with Crippen molar-refractivity contribution in [3.8, 4) is 0 Å². The number of hydrogen-bond acceptors (Lipinski definition) is 3. The van der Waals surface area contributed by atoms with Crippen LogP contribution in [0.15, 0.2) is 0 Å². The summed E-state index contributed by atoms with van der Waals surface area (Å²) in [5.41, 5.74) is 2.62. The molecular formula is C20H31NO3. The maximum Gasteiger partial charge on any atom is 0.166 e. The fourth-order valence-corrected chi connectivity index (χ4v) is 2.95. The van der Waals surface area contributed by atoms with Crippen LogP contribution in [0.5, 0.6) is 0 Å². The Bertz CT molecular complexity index is 611. The van der Waals surface area contributed by atoms with Crippen molar-refractivity contribution in [3.05, 3.63) is 22.5 Å². The third-order valence-electron chi connectivity index (χ3n) is 5.16. The maximum absolute atomic E-state index is 13.0. The molecule has 1 atom stereocenters. The second-order valence-electron chi connectivity index (χ2n) is 7.45. The monoisotopic (exact) mass is 333 g/mol. The van der Waals surface area contributed by atoms with E-state index in [1.165, 1.54) is 6.92 Å². The molecular weight excluding hydrogens is 302 g/mol. The second-order valence-corrected chi connectivity index (χ2v) is 7.45. The number of nitrogens with one attached hydrogen (secondary N) is 1. The first kappa shape index (κ1) is 20.3. The summed E-state index contributed by atoms with van der Waals surface area (Å²) in [4.78, 5) is 39.1. The van der Waals surface area contributed by atoms with Crippen molar-refractivity contribution >= 4 is 17.9 Å². The maximum atomic E-state index is 13.0. The van der Waals surface area contributed by atoms with Crippen LogP contribution in [0.1, 0.15) is 93.0 Å². The summed E-state index contributed by atoms with van der Waals surface area (Å²) in [5.74, 6) is -0.174. The van der Waals surface area contributed by atoms with Crippen molar-refractivity contribution < 1.29 is 14.4 Å². The number of aromatic amines is 1. The molecule has 0 aromatic carbocycles. The van der Waals surface area contributed by atoms with Crippen LogP contribution in [0, 0.1) is 19.3 Å². The highest BCUT2D eigenvalue weighted by atomic mass is 16.1. The topological polar surface area (TPSA) is 67.0 Å². The molecule has 1 aromatic heterocycles. The number of H-pyrrole nitrogens is 1. The number of unbranched alkanes of at least 4 members (excludes halogenated alkanes) is 2. The van der Waals surface area contributed by atoms with Crippen molar-refractivity contribution in [2.75, 3.05) is 0 Å². The molecule has 4 heteroatoms. The minimum Gasteiger partial charge on any atom is -0.355 e. The van der Waals surface area contributed by atoms with E-state index in [1.807, 2.05) is 27.7 Å². The SMILES string of the molecule is CCCCCC(C(=O)CC(C)(C)C(C)=O)c1[nH]c(C=O)c(C)c1C. The molecule has 0 radical (unpaired) electrons. The Morgan fingerprint density at radius 3 is 2.25 bits per heavy atom. The van der Waals surface area contributed by atoms with Gasteiger partial charge in [0.25, 0.3) is 0 Å². The largest absolute Gasteiger partial charge is 0.355 e. The third-order valence-corrected chi connectivity index (χ3v) is 5.16. The quantitative estimate of drug-likeness (QED) is 0.499. The van der Waals surface area contributed by atoms with E-state index in [4.69, 9.17) is 0 Å². The number of Topliss-reactive ketones (excluding diaryl/α,β-unsaturated/α-hetero) is 2. The van der Waals surface area contributed by atoms with Crippen molar-refractivity contribution in [1.29, 1.82) is 0 Å². The fraction of sp³-hybridized carbons (Fsp3) is 0.650. The smallest absolute Gasteiger partial charge is 0.166 e. The molecule has 0 fully saturated rings. The molecule has 0 aliphatic carbocycles. The first-order chi connectivity index (χ1) is 11.2. The number of ketones is 2. The molecule has 0 saturated heterocycles. The molecule has 0 aliphatic rings. The summed E-state index contributed by atoms with van der Waals surface area (Å²) in [6, 6.07) is 0. The minimum absolute atomic E-state index is 0.0242. The Hall–Kier alpha value is -1.71. The molecule has 1 aromatic rings. The number of rotatable bonds is 10. The Morgan fingerprint density at radius 1 is 1.17 bits per heavy atom. The summed E-state index contributed by atoms with van der Waals surface area (Å²) in [6.45, 7) is 11.1. The van der Waals surface area contributed by atoms with Gasteiger partial charge in [0, 0.05) is 17.5 Å². The van der Waals surface area contributed by atoms with Crippen LogP contribution in [0.4, 0.5) is 0 Å². The zero-order valence-electron chi connectivity index (χ0n) is 15.9. The van der Waals surface area contributed by atoms with Crippen LogP contribution in [0.2, 0.25) is 0 Å². The molecule has 0 bridgehead atoms. The highest BCUT2D eigenvalue weighted by molar-refractivity contribution is 5.92. The Labute approximate surface area is 145 Å². The standard InChI is InChI=1S/C20H31NO3/c1-7-8-9-10-16(18(24)11-20(5,6)15(4)23)19-14(3)13(2)17(12-22)21-19/h12,16,21H,7-11H2,1-6H3. The molecule has 1 heterocycles. The molecule has 4 nitrogen and oxygen atoms in total. The molecule has 0 aliphatic heterocycles. The zero-order valence-corrected chi connectivity index (χ0v) is 15.9. The van der Waals surface area contributed by atoms with E-state index >= 15 is 0 Å².